The summed E-state index contributed by atoms with van der Waals surface area (Å²) in [5.74, 6) is 1.31. The van der Waals surface area contributed by atoms with Crippen molar-refractivity contribution in [2.24, 2.45) is 0 Å². The lowest BCUT2D eigenvalue weighted by atomic mass is 10.2. The Kier molecular flexibility index (Phi) is 5.09. The summed E-state index contributed by atoms with van der Waals surface area (Å²) in [7, 11) is -5.42. The Labute approximate surface area is 159 Å². The molecule has 0 radical (unpaired) electrons. The minimum atomic E-state index is -3.63. The summed E-state index contributed by atoms with van der Waals surface area (Å²) in [6.07, 6.45) is 1.80. The Morgan fingerprint density at radius 2 is 1.67 bits per heavy atom. The number of para-hydroxylation sites is 2. The van der Waals surface area contributed by atoms with Gasteiger partial charge >= 0.3 is 0 Å². The average molecular weight is 412 g/mol. The van der Waals surface area contributed by atoms with Crippen LogP contribution in [0.5, 0.6) is 11.5 Å². The number of anilines is 1. The lowest BCUT2D eigenvalue weighted by Crippen LogP contribution is -2.39. The van der Waals surface area contributed by atoms with Gasteiger partial charge in [0.25, 0.3) is 0 Å². The van der Waals surface area contributed by atoms with E-state index in [0.29, 0.717) is 30.3 Å². The third-order valence-electron chi connectivity index (χ3n) is 4.22. The van der Waals surface area contributed by atoms with Gasteiger partial charge in [0.1, 0.15) is 6.61 Å². The van der Waals surface area contributed by atoms with E-state index in [4.69, 9.17) is 9.47 Å². The van der Waals surface area contributed by atoms with Gasteiger partial charge in [0.15, 0.2) is 37.3 Å². The molecule has 9 heteroatoms. The van der Waals surface area contributed by atoms with E-state index in [-0.39, 0.29) is 15.9 Å². The summed E-state index contributed by atoms with van der Waals surface area (Å²) >= 11 is 0. The molecule has 1 heterocycles. The molecule has 0 bridgehead atoms. The Bertz CT molecular complexity index is 1060. The van der Waals surface area contributed by atoms with Crippen molar-refractivity contribution in [3.05, 3.63) is 42.5 Å². The number of hydrogen-bond donors (Lipinski definition) is 0. The highest BCUT2D eigenvalue weighted by Crippen LogP contribution is 2.32. The molecule has 1 aliphatic heterocycles. The SMILES string of the molecule is CN(C[C@H]1COc2ccccc2O1)c1ccc(S(C)(=O)=O)cc1S(C)(=O)=O. The Hall–Kier alpha value is -2.26. The summed E-state index contributed by atoms with van der Waals surface area (Å²) in [5, 5.41) is 0. The van der Waals surface area contributed by atoms with Gasteiger partial charge in [-0.3, -0.25) is 0 Å². The first-order chi connectivity index (χ1) is 12.6. The van der Waals surface area contributed by atoms with Gasteiger partial charge in [0.05, 0.1) is 22.0 Å². The van der Waals surface area contributed by atoms with E-state index < -0.39 is 19.7 Å². The summed E-state index contributed by atoms with van der Waals surface area (Å²) in [5.41, 5.74) is 0.410. The fraction of sp³-hybridized carbons (Fsp3) is 0.333. The van der Waals surface area contributed by atoms with Crippen LogP contribution in [-0.2, 0) is 19.7 Å². The van der Waals surface area contributed by atoms with Crippen LogP contribution >= 0.6 is 0 Å². The fourth-order valence-corrected chi connectivity index (χ4v) is 4.56. The highest BCUT2D eigenvalue weighted by molar-refractivity contribution is 7.91. The summed E-state index contributed by atoms with van der Waals surface area (Å²) < 4.78 is 59.6. The lowest BCUT2D eigenvalue weighted by Gasteiger charge is -2.31. The second kappa shape index (κ2) is 7.05. The van der Waals surface area contributed by atoms with Crippen LogP contribution in [0.25, 0.3) is 0 Å². The van der Waals surface area contributed by atoms with E-state index in [0.717, 1.165) is 12.5 Å². The molecule has 0 fully saturated rings. The number of rotatable bonds is 5. The van der Waals surface area contributed by atoms with Crippen LogP contribution in [0, 0.1) is 0 Å². The van der Waals surface area contributed by atoms with Crippen molar-refractivity contribution in [1.82, 2.24) is 0 Å². The normalized spacial score (nSPS) is 16.8. The van der Waals surface area contributed by atoms with Crippen molar-refractivity contribution >= 4 is 25.4 Å². The monoisotopic (exact) mass is 411 g/mol. The molecular formula is C18H21NO6S2. The van der Waals surface area contributed by atoms with E-state index in [1.165, 1.54) is 18.2 Å². The maximum atomic E-state index is 12.2. The zero-order valence-corrected chi connectivity index (χ0v) is 16.9. The first kappa shape index (κ1) is 19.5. The van der Waals surface area contributed by atoms with Crippen LogP contribution in [0.3, 0.4) is 0 Å². The molecule has 0 spiro atoms. The van der Waals surface area contributed by atoms with Crippen LogP contribution in [0.2, 0.25) is 0 Å². The number of hydrogen-bond acceptors (Lipinski definition) is 7. The highest BCUT2D eigenvalue weighted by Gasteiger charge is 2.25. The van der Waals surface area contributed by atoms with Crippen LogP contribution in [0.15, 0.2) is 52.3 Å². The molecule has 0 aliphatic carbocycles. The summed E-state index contributed by atoms with van der Waals surface area (Å²) in [6, 6.07) is 11.4. The summed E-state index contributed by atoms with van der Waals surface area (Å²) in [4.78, 5) is 1.65. The van der Waals surface area contributed by atoms with Crippen molar-refractivity contribution in [1.29, 1.82) is 0 Å². The Morgan fingerprint density at radius 3 is 2.30 bits per heavy atom. The van der Waals surface area contributed by atoms with Crippen molar-refractivity contribution in [2.45, 2.75) is 15.9 Å². The second-order valence-corrected chi connectivity index (χ2v) is 10.6. The van der Waals surface area contributed by atoms with Crippen LogP contribution < -0.4 is 14.4 Å². The molecule has 0 amide bonds. The fourth-order valence-electron chi connectivity index (χ4n) is 2.89. The average Bonchev–Trinajstić information content (AvgIpc) is 2.59. The molecular weight excluding hydrogens is 390 g/mol. The number of sulfone groups is 2. The third kappa shape index (κ3) is 4.36. The molecule has 7 nitrogen and oxygen atoms in total. The Balaban J connectivity index is 1.88. The topological polar surface area (TPSA) is 90.0 Å². The molecule has 0 aromatic heterocycles. The van der Waals surface area contributed by atoms with Crippen LogP contribution in [-0.4, -0.2) is 55.7 Å². The van der Waals surface area contributed by atoms with E-state index in [1.54, 1.807) is 11.9 Å². The molecule has 27 heavy (non-hydrogen) atoms. The van der Waals surface area contributed by atoms with Gasteiger partial charge in [-0.15, -0.1) is 0 Å². The zero-order chi connectivity index (χ0) is 19.8. The number of nitrogens with zero attached hydrogens (tertiary/aromatic N) is 1. The Morgan fingerprint density at radius 1 is 1.00 bits per heavy atom. The lowest BCUT2D eigenvalue weighted by molar-refractivity contribution is 0.0960. The summed E-state index contributed by atoms with van der Waals surface area (Å²) in [6.45, 7) is 0.700. The maximum absolute atomic E-state index is 12.2. The molecule has 0 unspecified atom stereocenters. The minimum absolute atomic E-state index is 0.0359. The van der Waals surface area contributed by atoms with Gasteiger partial charge in [0.2, 0.25) is 0 Å². The predicted molar refractivity (Wildman–Crippen MR) is 102 cm³/mol. The van der Waals surface area contributed by atoms with Gasteiger partial charge in [0, 0.05) is 19.6 Å². The molecule has 0 N–H and O–H groups in total. The van der Waals surface area contributed by atoms with Gasteiger partial charge in [-0.05, 0) is 30.3 Å². The van der Waals surface area contributed by atoms with Crippen LogP contribution in [0.4, 0.5) is 5.69 Å². The minimum Gasteiger partial charge on any atom is -0.486 e. The predicted octanol–water partition coefficient (Wildman–Crippen LogP) is 1.77. The van der Waals surface area contributed by atoms with Crippen LogP contribution in [0.1, 0.15) is 0 Å². The van der Waals surface area contributed by atoms with E-state index in [2.05, 4.69) is 0 Å². The first-order valence-electron chi connectivity index (χ1n) is 8.19. The largest absolute Gasteiger partial charge is 0.486 e. The third-order valence-corrected chi connectivity index (χ3v) is 6.45. The highest BCUT2D eigenvalue weighted by atomic mass is 32.2. The molecule has 3 rings (SSSR count). The molecule has 1 aliphatic rings. The van der Waals surface area contributed by atoms with E-state index >= 15 is 0 Å². The molecule has 0 saturated heterocycles. The maximum Gasteiger partial charge on any atom is 0.177 e. The molecule has 146 valence electrons. The number of fused-ring (bicyclic) bond motifs is 1. The van der Waals surface area contributed by atoms with Gasteiger partial charge in [-0.25, -0.2) is 16.8 Å². The van der Waals surface area contributed by atoms with Gasteiger partial charge in [-0.2, -0.15) is 0 Å². The molecule has 2 aromatic rings. The van der Waals surface area contributed by atoms with Crippen molar-refractivity contribution in [3.8, 4) is 11.5 Å². The number of likely N-dealkylation sites (N-methyl/N-ethyl adjacent to an activating group) is 1. The van der Waals surface area contributed by atoms with Crippen molar-refractivity contribution in [3.63, 3.8) is 0 Å². The smallest absolute Gasteiger partial charge is 0.177 e. The van der Waals surface area contributed by atoms with E-state index in [9.17, 15) is 16.8 Å². The standard InChI is InChI=1S/C18H21NO6S2/c1-19(11-13-12-24-16-6-4-5-7-17(16)25-13)15-9-8-14(26(2,20)21)10-18(15)27(3,22)23/h4-10,13H,11-12H2,1-3H3/t13-/m0/s1. The van der Waals surface area contributed by atoms with Gasteiger partial charge in [-0.1, -0.05) is 12.1 Å². The van der Waals surface area contributed by atoms with E-state index in [1.807, 2.05) is 24.3 Å². The van der Waals surface area contributed by atoms with Crippen molar-refractivity contribution < 1.29 is 26.3 Å². The van der Waals surface area contributed by atoms with Crippen molar-refractivity contribution in [2.75, 3.05) is 37.6 Å². The molecule has 1 atom stereocenters. The zero-order valence-electron chi connectivity index (χ0n) is 15.2. The quantitative estimate of drug-likeness (QED) is 0.741. The van der Waals surface area contributed by atoms with Gasteiger partial charge < -0.3 is 14.4 Å². The number of ether oxygens (including phenoxy) is 2. The first-order valence-corrected chi connectivity index (χ1v) is 12.0. The number of benzene rings is 2. The molecule has 0 saturated carbocycles. The second-order valence-electron chi connectivity index (χ2n) is 6.55. The molecule has 2 aromatic carbocycles.